The van der Waals surface area contributed by atoms with E-state index in [9.17, 15) is 9.90 Å². The molecule has 10 nitrogen and oxygen atoms in total. The largest absolute Gasteiger partial charge is 0.444 e. The highest BCUT2D eigenvalue weighted by Crippen LogP contribution is 2.20. The third-order valence-electron chi connectivity index (χ3n) is 2.64. The van der Waals surface area contributed by atoms with Gasteiger partial charge in [0.1, 0.15) is 5.60 Å². The summed E-state index contributed by atoms with van der Waals surface area (Å²) < 4.78 is 5.18. The Labute approximate surface area is 115 Å². The minimum absolute atomic E-state index is 0.0275. The van der Waals surface area contributed by atoms with Gasteiger partial charge in [0.2, 0.25) is 0 Å². The van der Waals surface area contributed by atoms with Crippen LogP contribution in [0.5, 0.6) is 0 Å². The van der Waals surface area contributed by atoms with E-state index in [0.29, 0.717) is 0 Å². The predicted octanol–water partition coefficient (Wildman–Crippen LogP) is 1.96. The Balaban J connectivity index is 2.87. The summed E-state index contributed by atoms with van der Waals surface area (Å²) in [5.74, 6) is 0. The maximum Gasteiger partial charge on any atom is 0.410 e. The Morgan fingerprint density at radius 2 is 1.90 bits per heavy atom. The first kappa shape index (κ1) is 15.9. The Bertz CT molecular complexity index is 462. The predicted molar refractivity (Wildman–Crippen MR) is 69.7 cm³/mol. The van der Waals surface area contributed by atoms with Crippen molar-refractivity contribution in [3.8, 4) is 0 Å². The zero-order chi connectivity index (χ0) is 15.3. The number of hydrogen-bond acceptors (Lipinski definition) is 5. The Morgan fingerprint density at radius 1 is 1.30 bits per heavy atom. The lowest BCUT2D eigenvalue weighted by Crippen LogP contribution is -2.56. The van der Waals surface area contributed by atoms with Crippen LogP contribution >= 0.6 is 0 Å². The third kappa shape index (κ3) is 4.20. The average Bonchev–Trinajstić information content (AvgIpc) is 2.31. The van der Waals surface area contributed by atoms with E-state index >= 15 is 0 Å². The van der Waals surface area contributed by atoms with Gasteiger partial charge >= 0.3 is 6.09 Å². The van der Waals surface area contributed by atoms with Crippen molar-refractivity contribution in [3.63, 3.8) is 0 Å². The molecule has 0 radical (unpaired) electrons. The lowest BCUT2D eigenvalue weighted by atomic mass is 9.98. The normalized spacial score (nSPS) is 26.2. The number of aliphatic hydroxyl groups is 1. The van der Waals surface area contributed by atoms with Gasteiger partial charge in [0.15, 0.2) is 0 Å². The van der Waals surface area contributed by atoms with E-state index in [1.807, 2.05) is 0 Å². The van der Waals surface area contributed by atoms with E-state index in [4.69, 9.17) is 15.8 Å². The number of nitrogens with zero attached hydrogens (tertiary/aromatic N) is 7. The first-order chi connectivity index (χ1) is 9.28. The molecule has 110 valence electrons. The van der Waals surface area contributed by atoms with Gasteiger partial charge in [0.05, 0.1) is 24.7 Å². The number of β-amino-alcohol motifs (C(OH)–C–C–N with tert-alkyl or cyclic N) is 1. The number of azide groups is 2. The SMILES string of the molecule is CC(C)(C)OC(=O)N1CC(O)C(N=[N+]=[N-])C(N=[N+]=[N-])C1. The van der Waals surface area contributed by atoms with Crippen molar-refractivity contribution >= 4 is 6.09 Å². The zero-order valence-corrected chi connectivity index (χ0v) is 11.5. The van der Waals surface area contributed by atoms with Crippen molar-refractivity contribution < 1.29 is 14.6 Å². The molecule has 20 heavy (non-hydrogen) atoms. The first-order valence-electron chi connectivity index (χ1n) is 6.03. The van der Waals surface area contributed by atoms with E-state index in [-0.39, 0.29) is 13.1 Å². The van der Waals surface area contributed by atoms with Crippen LogP contribution in [0.15, 0.2) is 10.2 Å². The number of ether oxygens (including phenoxy) is 1. The summed E-state index contributed by atoms with van der Waals surface area (Å²) in [7, 11) is 0. The number of hydrogen-bond donors (Lipinski definition) is 1. The molecule has 3 unspecified atom stereocenters. The van der Waals surface area contributed by atoms with Crippen LogP contribution in [0.1, 0.15) is 20.8 Å². The standard InChI is InChI=1S/C10H17N7O3/c1-10(2,3)20-9(19)17-4-6(13-15-11)8(14-16-12)7(18)5-17/h6-8,18H,4-5H2,1-3H3. The summed E-state index contributed by atoms with van der Waals surface area (Å²) in [6.45, 7) is 5.15. The second kappa shape index (κ2) is 6.33. The number of likely N-dealkylation sites (tertiary alicyclic amines) is 1. The summed E-state index contributed by atoms with van der Waals surface area (Å²) in [6.07, 6.45) is -1.73. The van der Waals surface area contributed by atoms with Crippen LogP contribution in [0.2, 0.25) is 0 Å². The third-order valence-corrected chi connectivity index (χ3v) is 2.64. The molecular weight excluding hydrogens is 266 g/mol. The second-order valence-corrected chi connectivity index (χ2v) is 5.42. The molecule has 0 bridgehead atoms. The van der Waals surface area contributed by atoms with E-state index in [0.717, 1.165) is 0 Å². The van der Waals surface area contributed by atoms with E-state index < -0.39 is 29.9 Å². The summed E-state index contributed by atoms with van der Waals surface area (Å²) in [6, 6.07) is -1.72. The van der Waals surface area contributed by atoms with Gasteiger partial charge in [-0.1, -0.05) is 10.2 Å². The number of rotatable bonds is 2. The molecule has 1 N–H and O–H groups in total. The summed E-state index contributed by atoms with van der Waals surface area (Å²) >= 11 is 0. The molecule has 1 saturated heterocycles. The van der Waals surface area contributed by atoms with Crippen molar-refractivity contribution in [2.75, 3.05) is 13.1 Å². The number of piperidine rings is 1. The van der Waals surface area contributed by atoms with Gasteiger partial charge in [-0.15, -0.1) is 0 Å². The molecule has 0 spiro atoms. The van der Waals surface area contributed by atoms with Gasteiger partial charge in [-0.25, -0.2) is 4.79 Å². The molecule has 10 heteroatoms. The average molecular weight is 283 g/mol. The molecular formula is C10H17N7O3. The molecule has 1 aliphatic heterocycles. The first-order valence-corrected chi connectivity index (χ1v) is 6.03. The fourth-order valence-corrected chi connectivity index (χ4v) is 1.86. The van der Waals surface area contributed by atoms with Crippen LogP contribution in [0.4, 0.5) is 4.79 Å². The van der Waals surface area contributed by atoms with Gasteiger partial charge in [-0.05, 0) is 31.8 Å². The maximum absolute atomic E-state index is 11.9. The van der Waals surface area contributed by atoms with Crippen LogP contribution in [-0.2, 0) is 4.74 Å². The van der Waals surface area contributed by atoms with Crippen molar-refractivity contribution in [2.24, 2.45) is 10.2 Å². The van der Waals surface area contributed by atoms with Crippen molar-refractivity contribution in [3.05, 3.63) is 20.9 Å². The van der Waals surface area contributed by atoms with Crippen LogP contribution in [0, 0.1) is 0 Å². The van der Waals surface area contributed by atoms with Crippen molar-refractivity contribution in [1.82, 2.24) is 4.90 Å². The molecule has 1 aliphatic rings. The maximum atomic E-state index is 11.9. The molecule has 0 aromatic rings. The van der Waals surface area contributed by atoms with Gasteiger partial charge in [0.25, 0.3) is 0 Å². The van der Waals surface area contributed by atoms with E-state index in [2.05, 4.69) is 20.1 Å². The van der Waals surface area contributed by atoms with Crippen molar-refractivity contribution in [1.29, 1.82) is 0 Å². The molecule has 0 aliphatic carbocycles. The minimum atomic E-state index is -1.11. The highest BCUT2D eigenvalue weighted by molar-refractivity contribution is 5.68. The Morgan fingerprint density at radius 3 is 2.40 bits per heavy atom. The van der Waals surface area contributed by atoms with E-state index in [1.165, 1.54) is 4.90 Å². The monoisotopic (exact) mass is 283 g/mol. The molecule has 3 atom stereocenters. The fourth-order valence-electron chi connectivity index (χ4n) is 1.86. The lowest BCUT2D eigenvalue weighted by molar-refractivity contribution is -0.00478. The fraction of sp³-hybridized carbons (Fsp3) is 0.900. The number of aliphatic hydroxyl groups excluding tert-OH is 1. The molecule has 1 rings (SSSR count). The van der Waals surface area contributed by atoms with Gasteiger partial charge in [-0.2, -0.15) is 0 Å². The molecule has 0 aromatic carbocycles. The van der Waals surface area contributed by atoms with E-state index in [1.54, 1.807) is 20.8 Å². The quantitative estimate of drug-likeness (QED) is 0.469. The van der Waals surface area contributed by atoms with Crippen LogP contribution in [0.25, 0.3) is 20.9 Å². The molecule has 0 aromatic heterocycles. The summed E-state index contributed by atoms with van der Waals surface area (Å²) in [4.78, 5) is 18.4. The Hall–Kier alpha value is -2.15. The van der Waals surface area contributed by atoms with Crippen LogP contribution in [0.3, 0.4) is 0 Å². The number of carbonyl (C=O) groups excluding carboxylic acids is 1. The molecule has 1 amide bonds. The van der Waals surface area contributed by atoms with Crippen LogP contribution in [-0.4, -0.2) is 53.0 Å². The molecule has 1 fully saturated rings. The van der Waals surface area contributed by atoms with Gasteiger partial charge < -0.3 is 14.7 Å². The topological polar surface area (TPSA) is 147 Å². The second-order valence-electron chi connectivity index (χ2n) is 5.42. The van der Waals surface area contributed by atoms with Gasteiger partial charge in [0, 0.05) is 16.4 Å². The highest BCUT2D eigenvalue weighted by Gasteiger charge is 2.38. The zero-order valence-electron chi connectivity index (χ0n) is 11.5. The van der Waals surface area contributed by atoms with Crippen molar-refractivity contribution in [2.45, 2.75) is 44.6 Å². The van der Waals surface area contributed by atoms with Crippen LogP contribution < -0.4 is 0 Å². The minimum Gasteiger partial charge on any atom is -0.444 e. The lowest BCUT2D eigenvalue weighted by Gasteiger charge is -2.38. The number of carbonyl (C=O) groups is 1. The Kier molecular flexibility index (Phi) is 5.04. The summed E-state index contributed by atoms with van der Waals surface area (Å²) in [5.41, 5.74) is 16.3. The van der Waals surface area contributed by atoms with Gasteiger partial charge in [-0.3, -0.25) is 0 Å². The highest BCUT2D eigenvalue weighted by atomic mass is 16.6. The smallest absolute Gasteiger partial charge is 0.410 e. The molecule has 1 heterocycles. The number of amides is 1. The summed E-state index contributed by atoms with van der Waals surface area (Å²) in [5, 5.41) is 16.8. The molecule has 0 saturated carbocycles.